The van der Waals surface area contributed by atoms with E-state index in [0.717, 1.165) is 12.8 Å². The molecule has 5 nitrogen and oxygen atoms in total. The van der Waals surface area contributed by atoms with Gasteiger partial charge in [0.25, 0.3) is 0 Å². The van der Waals surface area contributed by atoms with E-state index in [9.17, 15) is 9.59 Å². The molecule has 4 N–H and O–H groups in total. The van der Waals surface area contributed by atoms with E-state index in [1.54, 1.807) is 0 Å². The molecule has 5 heteroatoms. The van der Waals surface area contributed by atoms with Gasteiger partial charge in [0.15, 0.2) is 0 Å². The fourth-order valence-electron chi connectivity index (χ4n) is 1.99. The first-order chi connectivity index (χ1) is 8.16. The van der Waals surface area contributed by atoms with Crippen molar-refractivity contribution in [3.8, 4) is 0 Å². The Balaban J connectivity index is 2.43. The van der Waals surface area contributed by atoms with Crippen LogP contribution >= 0.6 is 0 Å². The highest BCUT2D eigenvalue weighted by atomic mass is 16.4. The van der Waals surface area contributed by atoms with E-state index in [2.05, 4.69) is 5.32 Å². The smallest absolute Gasteiger partial charge is 0.307 e. The summed E-state index contributed by atoms with van der Waals surface area (Å²) in [6.07, 6.45) is 6.37. The van der Waals surface area contributed by atoms with E-state index in [-0.39, 0.29) is 5.91 Å². The molecule has 0 saturated carbocycles. The fraction of sp³-hybridized carbons (Fsp3) is 0.667. The highest BCUT2D eigenvalue weighted by Gasteiger charge is 2.33. The number of amides is 1. The molecule has 0 radical (unpaired) electrons. The van der Waals surface area contributed by atoms with Crippen LogP contribution in [0.5, 0.6) is 0 Å². The number of nitrogens with two attached hydrogens (primary N) is 1. The molecule has 1 rings (SSSR count). The molecule has 0 fully saturated rings. The molecule has 1 aliphatic rings. The van der Waals surface area contributed by atoms with Gasteiger partial charge in [0.05, 0.1) is 11.8 Å². The topological polar surface area (TPSA) is 92.4 Å². The Kier molecular flexibility index (Phi) is 5.69. The number of hydrogen-bond donors (Lipinski definition) is 3. The molecule has 0 aromatic carbocycles. The summed E-state index contributed by atoms with van der Waals surface area (Å²) in [6.45, 7) is 1.18. The van der Waals surface area contributed by atoms with Crippen LogP contribution in [0.2, 0.25) is 0 Å². The third-order valence-electron chi connectivity index (χ3n) is 3.02. The zero-order valence-electron chi connectivity index (χ0n) is 9.89. The lowest BCUT2D eigenvalue weighted by Crippen LogP contribution is -2.39. The SMILES string of the molecule is NCCCCNC(=O)[C@@H]1CC=CC[C@@H]1C(=O)O. The van der Waals surface area contributed by atoms with Gasteiger partial charge in [-0.3, -0.25) is 9.59 Å². The van der Waals surface area contributed by atoms with Crippen LogP contribution in [0.15, 0.2) is 12.2 Å². The summed E-state index contributed by atoms with van der Waals surface area (Å²) >= 11 is 0. The quantitative estimate of drug-likeness (QED) is 0.466. The number of hydrogen-bond acceptors (Lipinski definition) is 3. The lowest BCUT2D eigenvalue weighted by molar-refractivity contribution is -0.147. The Bertz CT molecular complexity index is 302. The first-order valence-corrected chi connectivity index (χ1v) is 6.02. The predicted molar refractivity (Wildman–Crippen MR) is 64.3 cm³/mol. The van der Waals surface area contributed by atoms with Crippen molar-refractivity contribution in [1.29, 1.82) is 0 Å². The van der Waals surface area contributed by atoms with Gasteiger partial charge in [0.2, 0.25) is 5.91 Å². The van der Waals surface area contributed by atoms with Crippen molar-refractivity contribution in [1.82, 2.24) is 5.32 Å². The van der Waals surface area contributed by atoms with E-state index in [1.165, 1.54) is 0 Å². The van der Waals surface area contributed by atoms with Crippen molar-refractivity contribution in [3.63, 3.8) is 0 Å². The lowest BCUT2D eigenvalue weighted by atomic mass is 9.82. The number of nitrogens with one attached hydrogen (secondary N) is 1. The average Bonchev–Trinajstić information content (AvgIpc) is 2.34. The van der Waals surface area contributed by atoms with E-state index in [4.69, 9.17) is 10.8 Å². The van der Waals surface area contributed by atoms with E-state index in [0.29, 0.717) is 25.9 Å². The molecule has 1 aliphatic carbocycles. The van der Waals surface area contributed by atoms with Crippen molar-refractivity contribution in [2.24, 2.45) is 17.6 Å². The molecule has 1 amide bonds. The number of rotatable bonds is 6. The first kappa shape index (κ1) is 13.7. The molecular formula is C12H20N2O3. The third-order valence-corrected chi connectivity index (χ3v) is 3.02. The van der Waals surface area contributed by atoms with Crippen molar-refractivity contribution in [3.05, 3.63) is 12.2 Å². The van der Waals surface area contributed by atoms with Crippen molar-refractivity contribution in [2.75, 3.05) is 13.1 Å². The van der Waals surface area contributed by atoms with Crippen LogP contribution in [0.25, 0.3) is 0 Å². The van der Waals surface area contributed by atoms with Gasteiger partial charge < -0.3 is 16.2 Å². The Labute approximate surface area is 101 Å². The molecule has 0 aliphatic heterocycles. The van der Waals surface area contributed by atoms with Crippen molar-refractivity contribution < 1.29 is 14.7 Å². The molecule has 0 aromatic heterocycles. The van der Waals surface area contributed by atoms with Gasteiger partial charge in [-0.15, -0.1) is 0 Å². The number of carboxylic acid groups (broad SMARTS) is 1. The summed E-state index contributed by atoms with van der Waals surface area (Å²) in [5.74, 6) is -2.07. The second-order valence-corrected chi connectivity index (χ2v) is 4.28. The molecule has 0 spiro atoms. The van der Waals surface area contributed by atoms with Gasteiger partial charge in [-0.25, -0.2) is 0 Å². The normalized spacial score (nSPS) is 23.4. The van der Waals surface area contributed by atoms with E-state index >= 15 is 0 Å². The molecule has 0 unspecified atom stereocenters. The zero-order chi connectivity index (χ0) is 12.7. The minimum atomic E-state index is -0.892. The zero-order valence-corrected chi connectivity index (χ0v) is 9.89. The maximum atomic E-state index is 11.8. The van der Waals surface area contributed by atoms with Gasteiger partial charge in [-0.1, -0.05) is 12.2 Å². The molecule has 0 saturated heterocycles. The first-order valence-electron chi connectivity index (χ1n) is 6.02. The second-order valence-electron chi connectivity index (χ2n) is 4.28. The average molecular weight is 240 g/mol. The minimum Gasteiger partial charge on any atom is -0.481 e. The fourth-order valence-corrected chi connectivity index (χ4v) is 1.99. The Morgan fingerprint density at radius 3 is 2.47 bits per heavy atom. The number of allylic oxidation sites excluding steroid dienone is 2. The molecule has 0 bridgehead atoms. The summed E-state index contributed by atoms with van der Waals surface area (Å²) in [6, 6.07) is 0. The summed E-state index contributed by atoms with van der Waals surface area (Å²) < 4.78 is 0. The maximum Gasteiger partial charge on any atom is 0.307 e. The lowest BCUT2D eigenvalue weighted by Gasteiger charge is -2.24. The Morgan fingerprint density at radius 1 is 1.24 bits per heavy atom. The monoisotopic (exact) mass is 240 g/mol. The van der Waals surface area contributed by atoms with Crippen molar-refractivity contribution >= 4 is 11.9 Å². The van der Waals surface area contributed by atoms with Gasteiger partial charge in [-0.05, 0) is 32.2 Å². The second kappa shape index (κ2) is 7.06. The number of aliphatic carboxylic acids is 1. The summed E-state index contributed by atoms with van der Waals surface area (Å²) in [5.41, 5.74) is 5.35. The van der Waals surface area contributed by atoms with Crippen LogP contribution in [0.3, 0.4) is 0 Å². The number of carbonyl (C=O) groups is 2. The molecular weight excluding hydrogens is 220 g/mol. The van der Waals surface area contributed by atoms with Gasteiger partial charge >= 0.3 is 5.97 Å². The van der Waals surface area contributed by atoms with Crippen LogP contribution in [0, 0.1) is 11.8 Å². The number of carboxylic acids is 1. The van der Waals surface area contributed by atoms with Crippen LogP contribution in [0.1, 0.15) is 25.7 Å². The number of unbranched alkanes of at least 4 members (excludes halogenated alkanes) is 1. The highest BCUT2D eigenvalue weighted by Crippen LogP contribution is 2.25. The van der Waals surface area contributed by atoms with Crippen molar-refractivity contribution in [2.45, 2.75) is 25.7 Å². The van der Waals surface area contributed by atoms with Crippen LogP contribution in [0.4, 0.5) is 0 Å². The molecule has 17 heavy (non-hydrogen) atoms. The summed E-state index contributed by atoms with van der Waals surface area (Å²) in [4.78, 5) is 22.9. The minimum absolute atomic E-state index is 0.154. The molecule has 2 atom stereocenters. The van der Waals surface area contributed by atoms with Gasteiger partial charge in [0.1, 0.15) is 0 Å². The summed E-state index contributed by atoms with van der Waals surface area (Å²) in [7, 11) is 0. The Morgan fingerprint density at radius 2 is 1.88 bits per heavy atom. The molecule has 0 heterocycles. The molecule has 0 aromatic rings. The predicted octanol–water partition coefficient (Wildman–Crippen LogP) is 0.509. The van der Waals surface area contributed by atoms with Crippen LogP contribution in [-0.2, 0) is 9.59 Å². The maximum absolute atomic E-state index is 11.8. The number of carbonyl (C=O) groups excluding carboxylic acids is 1. The van der Waals surface area contributed by atoms with Crippen LogP contribution < -0.4 is 11.1 Å². The van der Waals surface area contributed by atoms with E-state index in [1.807, 2.05) is 12.2 Å². The molecule has 96 valence electrons. The standard InChI is InChI=1S/C12H20N2O3/c13-7-3-4-8-14-11(15)9-5-1-2-6-10(9)12(16)17/h1-2,9-10H,3-8,13H2,(H,14,15)(H,16,17)/t9-,10+/m1/s1. The van der Waals surface area contributed by atoms with Crippen LogP contribution in [-0.4, -0.2) is 30.1 Å². The highest BCUT2D eigenvalue weighted by molar-refractivity contribution is 5.85. The summed E-state index contributed by atoms with van der Waals surface area (Å²) in [5, 5.41) is 11.8. The third kappa shape index (κ3) is 4.19. The largest absolute Gasteiger partial charge is 0.481 e. The van der Waals surface area contributed by atoms with E-state index < -0.39 is 17.8 Å². The van der Waals surface area contributed by atoms with Gasteiger partial charge in [0, 0.05) is 6.54 Å². The Hall–Kier alpha value is -1.36. The van der Waals surface area contributed by atoms with Gasteiger partial charge in [-0.2, -0.15) is 0 Å².